The van der Waals surface area contributed by atoms with Crippen LogP contribution in [0.4, 0.5) is 83.4 Å². The van der Waals surface area contributed by atoms with Crippen molar-refractivity contribution in [1.29, 1.82) is 0 Å². The summed E-state index contributed by atoms with van der Waals surface area (Å²) in [5, 5.41) is -8.06. The van der Waals surface area contributed by atoms with Crippen molar-refractivity contribution < 1.29 is 126 Å². The fraction of sp³-hybridized carbons (Fsp3) is 1.00. The first-order valence-electron chi connectivity index (χ1n) is 6.73. The fourth-order valence-corrected chi connectivity index (χ4v) is 2.08. The summed E-state index contributed by atoms with van der Waals surface area (Å²) in [5.74, 6) is -68.9. The zero-order valence-electron chi connectivity index (χ0n) is 15.0. The molecular formula is C10H2F19NaO3S. The molecule has 0 spiro atoms. The third-order valence-electron chi connectivity index (χ3n) is 3.67. The Morgan fingerprint density at radius 1 is 0.471 bits per heavy atom. The first kappa shape index (κ1) is 35.7. The van der Waals surface area contributed by atoms with Crippen LogP contribution in [-0.4, -0.2) is 72.3 Å². The third-order valence-corrected chi connectivity index (χ3v) is 4.56. The molecular weight excluding hydrogens is 584 g/mol. The minimum Gasteiger partial charge on any atom is -0.743 e. The van der Waals surface area contributed by atoms with E-state index in [1.807, 2.05) is 0 Å². The molecule has 0 aromatic rings. The quantitative estimate of drug-likeness (QED) is 0.224. The van der Waals surface area contributed by atoms with Crippen LogP contribution in [0.3, 0.4) is 0 Å². The van der Waals surface area contributed by atoms with E-state index < -0.39 is 69.4 Å². The van der Waals surface area contributed by atoms with Crippen LogP contribution in [0.5, 0.6) is 0 Å². The van der Waals surface area contributed by atoms with E-state index in [0.29, 0.717) is 0 Å². The summed E-state index contributed by atoms with van der Waals surface area (Å²) in [6.07, 6.45) is 0. The van der Waals surface area contributed by atoms with Crippen LogP contribution in [0.1, 0.15) is 0 Å². The molecule has 200 valence electrons. The molecule has 0 amide bonds. The summed E-state index contributed by atoms with van der Waals surface area (Å²) in [6, 6.07) is 0. The van der Waals surface area contributed by atoms with Gasteiger partial charge in [-0.1, -0.05) is 0 Å². The van der Waals surface area contributed by atoms with E-state index in [0.717, 1.165) is 0 Å². The Balaban J connectivity index is 0. The Bertz CT molecular complexity index is 850. The van der Waals surface area contributed by atoms with Gasteiger partial charge in [0.2, 0.25) is 0 Å². The Kier molecular flexibility index (Phi) is 9.31. The molecule has 0 saturated carbocycles. The predicted molar refractivity (Wildman–Crippen MR) is 60.2 cm³/mol. The van der Waals surface area contributed by atoms with E-state index in [4.69, 9.17) is 0 Å². The van der Waals surface area contributed by atoms with Gasteiger partial charge in [0, 0.05) is 0 Å². The first-order chi connectivity index (χ1) is 13.8. The maximum atomic E-state index is 13.3. The molecule has 3 nitrogen and oxygen atoms in total. The zero-order chi connectivity index (χ0) is 27.7. The molecule has 0 saturated heterocycles. The van der Waals surface area contributed by atoms with Gasteiger partial charge in [0.1, 0.15) is 0 Å². The van der Waals surface area contributed by atoms with E-state index in [2.05, 4.69) is 0 Å². The number of hydrogen-bond acceptors (Lipinski definition) is 3. The van der Waals surface area contributed by atoms with Crippen molar-refractivity contribution in [3.05, 3.63) is 0 Å². The normalized spacial score (nSPS) is 16.4. The maximum Gasteiger partial charge on any atom is 1.00 e. The molecule has 34 heavy (non-hydrogen) atoms. The summed E-state index contributed by atoms with van der Waals surface area (Å²) < 4.78 is 276. The van der Waals surface area contributed by atoms with Gasteiger partial charge in [-0.3, -0.25) is 0 Å². The van der Waals surface area contributed by atoms with Crippen LogP contribution in [0.25, 0.3) is 0 Å². The second-order valence-corrected chi connectivity index (χ2v) is 7.25. The monoisotopic (exact) mass is 586 g/mol. The van der Waals surface area contributed by atoms with Gasteiger partial charge in [0.15, 0.2) is 16.8 Å². The zero-order valence-corrected chi connectivity index (χ0v) is 17.8. The molecule has 0 aliphatic rings. The molecule has 0 aliphatic heterocycles. The molecule has 0 aromatic heterocycles. The molecule has 24 heteroatoms. The van der Waals surface area contributed by atoms with Crippen molar-refractivity contribution in [2.75, 3.05) is 6.67 Å². The van der Waals surface area contributed by atoms with E-state index in [9.17, 15) is 96.4 Å². The van der Waals surface area contributed by atoms with Crippen LogP contribution >= 0.6 is 0 Å². The van der Waals surface area contributed by atoms with Crippen LogP contribution in [0, 0.1) is 0 Å². The van der Waals surface area contributed by atoms with Gasteiger partial charge in [-0.2, -0.15) is 79.0 Å². The summed E-state index contributed by atoms with van der Waals surface area (Å²) in [7, 11) is -8.25. The second-order valence-electron chi connectivity index (χ2n) is 5.83. The van der Waals surface area contributed by atoms with Gasteiger partial charge in [-0.15, -0.1) is 0 Å². The van der Waals surface area contributed by atoms with Crippen molar-refractivity contribution in [3.63, 3.8) is 0 Å². The van der Waals surface area contributed by atoms with Gasteiger partial charge in [0.05, 0.1) is 0 Å². The minimum atomic E-state index is -9.13. The second kappa shape index (κ2) is 8.85. The minimum absolute atomic E-state index is 0. The molecule has 0 aromatic carbocycles. The van der Waals surface area contributed by atoms with Gasteiger partial charge >= 0.3 is 82.2 Å². The topological polar surface area (TPSA) is 57.2 Å². The van der Waals surface area contributed by atoms with Crippen molar-refractivity contribution in [2.45, 2.75) is 52.6 Å². The van der Waals surface area contributed by atoms with Crippen molar-refractivity contribution in [2.24, 2.45) is 0 Å². The van der Waals surface area contributed by atoms with E-state index in [1.165, 1.54) is 0 Å². The van der Waals surface area contributed by atoms with Crippen LogP contribution in [-0.2, 0) is 10.1 Å². The smallest absolute Gasteiger partial charge is 0.743 e. The SMILES string of the molecule is O=S(=O)([O-])C(F)(F)C(F)(F)C(F)(F)C(F)(F)C(F)(F)C(F)(F)C(F)(F)C(F)(F)C(F)(F)CF.[Na+]. The molecule has 0 radical (unpaired) electrons. The van der Waals surface area contributed by atoms with Gasteiger partial charge < -0.3 is 4.55 Å². The molecule has 0 atom stereocenters. The molecule has 0 aliphatic carbocycles. The largest absolute Gasteiger partial charge is 1.00 e. The van der Waals surface area contributed by atoms with E-state index in [1.54, 1.807) is 0 Å². The summed E-state index contributed by atoms with van der Waals surface area (Å²) >= 11 is 0. The first-order valence-corrected chi connectivity index (χ1v) is 8.13. The molecule has 0 heterocycles. The summed E-state index contributed by atoms with van der Waals surface area (Å²) in [6.45, 7) is -4.10. The van der Waals surface area contributed by atoms with Crippen LogP contribution < -0.4 is 29.6 Å². The van der Waals surface area contributed by atoms with Crippen molar-refractivity contribution in [3.8, 4) is 0 Å². The number of alkyl halides is 19. The number of rotatable bonds is 10. The Morgan fingerprint density at radius 2 is 0.676 bits per heavy atom. The van der Waals surface area contributed by atoms with Gasteiger partial charge in [-0.05, 0) is 0 Å². The van der Waals surface area contributed by atoms with Crippen LogP contribution in [0.2, 0.25) is 0 Å². The standard InChI is InChI=1S/C10H3F19O3S.Na/c11-1-2(12,13)3(14,15)4(16,17)5(18,19)6(20,21)7(22,23)8(24,25)9(26,27)10(28,29)33(30,31)32;/h1H2,(H,30,31,32);/q;+1/p-1. The average molecular weight is 586 g/mol. The van der Waals surface area contributed by atoms with Crippen LogP contribution in [0.15, 0.2) is 0 Å². The Hall–Kier alpha value is -0.420. The van der Waals surface area contributed by atoms with Gasteiger partial charge in [-0.25, -0.2) is 12.8 Å². The Morgan fingerprint density at radius 3 is 0.882 bits per heavy atom. The molecule has 0 fully saturated rings. The molecule has 0 rings (SSSR count). The third kappa shape index (κ3) is 4.23. The Labute approximate surface area is 195 Å². The van der Waals surface area contributed by atoms with Gasteiger partial charge in [0.25, 0.3) is 0 Å². The number of halogens is 19. The average Bonchev–Trinajstić information content (AvgIpc) is 2.59. The molecule has 0 unspecified atom stereocenters. The maximum absolute atomic E-state index is 13.3. The predicted octanol–water partition coefficient (Wildman–Crippen LogP) is 2.18. The van der Waals surface area contributed by atoms with Crippen molar-refractivity contribution in [1.82, 2.24) is 0 Å². The van der Waals surface area contributed by atoms with E-state index in [-0.39, 0.29) is 29.6 Å². The summed E-state index contributed by atoms with van der Waals surface area (Å²) in [5.41, 5.74) is 0. The van der Waals surface area contributed by atoms with E-state index >= 15 is 0 Å². The number of hydrogen-bond donors (Lipinski definition) is 0. The van der Waals surface area contributed by atoms with Crippen molar-refractivity contribution >= 4 is 10.1 Å². The molecule has 0 N–H and O–H groups in total. The molecule has 0 bridgehead atoms. The summed E-state index contributed by atoms with van der Waals surface area (Å²) in [4.78, 5) is 0. The fourth-order valence-electron chi connectivity index (χ4n) is 1.64.